The third-order valence-corrected chi connectivity index (χ3v) is 5.45. The van der Waals surface area contributed by atoms with Gasteiger partial charge >= 0.3 is 6.03 Å². The van der Waals surface area contributed by atoms with Crippen LogP contribution < -0.4 is 10.9 Å². The van der Waals surface area contributed by atoms with E-state index in [-0.39, 0.29) is 18.1 Å². The van der Waals surface area contributed by atoms with Crippen LogP contribution in [0.15, 0.2) is 23.0 Å². The zero-order valence-electron chi connectivity index (χ0n) is 17.0. The Labute approximate surface area is 176 Å². The lowest BCUT2D eigenvalue weighted by Gasteiger charge is -2.26. The molecule has 2 aromatic rings. The Morgan fingerprint density at radius 1 is 1.31 bits per heavy atom. The maximum absolute atomic E-state index is 12.7. The molecule has 1 aromatic carbocycles. The number of hydrogen-bond acceptors (Lipinski definition) is 4. The highest BCUT2D eigenvalue weighted by molar-refractivity contribution is 6.31. The summed E-state index contributed by atoms with van der Waals surface area (Å²) in [6.45, 7) is 6.87. The molecule has 0 unspecified atom stereocenters. The lowest BCUT2D eigenvalue weighted by Crippen LogP contribution is -2.41. The number of carbonyl (C=O) groups excluding carboxylic acids is 1. The van der Waals surface area contributed by atoms with Gasteiger partial charge in [-0.15, -0.1) is 0 Å². The summed E-state index contributed by atoms with van der Waals surface area (Å²) in [5, 5.41) is 4.02. The van der Waals surface area contributed by atoms with Gasteiger partial charge < -0.3 is 20.1 Å². The zero-order valence-corrected chi connectivity index (χ0v) is 17.8. The van der Waals surface area contributed by atoms with E-state index in [0.717, 1.165) is 19.4 Å². The zero-order chi connectivity index (χ0) is 20.6. The molecule has 2 heterocycles. The molecule has 1 aliphatic heterocycles. The first-order chi connectivity index (χ1) is 14.1. The Morgan fingerprint density at radius 2 is 2.10 bits per heavy atom. The summed E-state index contributed by atoms with van der Waals surface area (Å²) < 4.78 is 0. The minimum Gasteiger partial charge on any atom is -0.338 e. The van der Waals surface area contributed by atoms with E-state index in [9.17, 15) is 9.59 Å². The number of piperidine rings is 1. The molecule has 0 atom stereocenters. The Balaban J connectivity index is 1.58. The average Bonchev–Trinajstić information content (AvgIpc) is 2.71. The molecule has 1 fully saturated rings. The van der Waals surface area contributed by atoms with Crippen LogP contribution in [0.3, 0.4) is 0 Å². The Morgan fingerprint density at radius 3 is 2.86 bits per heavy atom. The first-order valence-electron chi connectivity index (χ1n) is 10.5. The number of fused-ring (bicyclic) bond motifs is 1. The fourth-order valence-corrected chi connectivity index (χ4v) is 3.90. The second-order valence-corrected chi connectivity index (χ2v) is 8.02. The Bertz CT molecular complexity index is 879. The second kappa shape index (κ2) is 10.6. The maximum atomic E-state index is 12.7. The van der Waals surface area contributed by atoms with Crippen molar-refractivity contribution in [3.63, 3.8) is 0 Å². The minimum atomic E-state index is -0.222. The molecule has 2 amide bonds. The van der Waals surface area contributed by atoms with Crippen LogP contribution in [-0.2, 0) is 6.54 Å². The van der Waals surface area contributed by atoms with E-state index in [0.29, 0.717) is 34.8 Å². The Hall–Kier alpha value is -2.12. The third-order valence-electron chi connectivity index (χ3n) is 5.22. The van der Waals surface area contributed by atoms with Gasteiger partial charge in [-0.05, 0) is 63.5 Å². The number of likely N-dealkylation sites (tertiary alicyclic amines) is 1. The summed E-state index contributed by atoms with van der Waals surface area (Å²) in [5.41, 5.74) is 0.315. The molecule has 158 valence electrons. The monoisotopic (exact) mass is 419 g/mol. The molecule has 0 spiro atoms. The highest BCUT2D eigenvalue weighted by Crippen LogP contribution is 2.15. The number of aromatic nitrogens is 2. The fourth-order valence-electron chi connectivity index (χ4n) is 3.73. The van der Waals surface area contributed by atoms with Crippen LogP contribution in [0.1, 0.15) is 44.9 Å². The third kappa shape index (κ3) is 6.18. The van der Waals surface area contributed by atoms with Crippen molar-refractivity contribution in [1.29, 1.82) is 0 Å². The molecule has 3 rings (SSSR count). The normalized spacial score (nSPS) is 14.8. The topological polar surface area (TPSA) is 81.3 Å². The van der Waals surface area contributed by atoms with E-state index in [2.05, 4.69) is 20.2 Å². The number of rotatable bonds is 8. The van der Waals surface area contributed by atoms with Crippen LogP contribution in [0.4, 0.5) is 4.79 Å². The SMILES string of the molecule is CCCN(Cc1nc2cc(Cl)ccc2c(=O)[nH]1)C(=O)NCCCN1CCCCC1. The molecule has 2 N–H and O–H groups in total. The number of halogens is 1. The van der Waals surface area contributed by atoms with Crippen molar-refractivity contribution in [1.82, 2.24) is 25.1 Å². The summed E-state index contributed by atoms with van der Waals surface area (Å²) in [7, 11) is 0. The lowest BCUT2D eigenvalue weighted by molar-refractivity contribution is 0.191. The minimum absolute atomic E-state index is 0.126. The number of benzene rings is 1. The summed E-state index contributed by atoms with van der Waals surface area (Å²) in [6, 6.07) is 4.87. The molecule has 0 aliphatic carbocycles. The maximum Gasteiger partial charge on any atom is 0.317 e. The number of hydrogen-bond donors (Lipinski definition) is 2. The molecular weight excluding hydrogens is 390 g/mol. The number of H-pyrrole nitrogens is 1. The first kappa shape index (κ1) is 21.6. The highest BCUT2D eigenvalue weighted by atomic mass is 35.5. The van der Waals surface area contributed by atoms with E-state index < -0.39 is 0 Å². The predicted octanol–water partition coefficient (Wildman–Crippen LogP) is 3.37. The standard InChI is InChI=1S/C21H30ClN5O2/c1-2-10-27(21(29)23-9-6-13-26-11-4-3-5-12-26)15-19-24-18-14-16(22)7-8-17(18)20(28)25-19/h7-8,14H,2-6,9-13,15H2,1H3,(H,23,29)(H,24,25,28). The van der Waals surface area contributed by atoms with E-state index in [1.165, 1.54) is 32.4 Å². The van der Waals surface area contributed by atoms with Crippen LogP contribution in [0.25, 0.3) is 10.9 Å². The highest BCUT2D eigenvalue weighted by Gasteiger charge is 2.15. The second-order valence-electron chi connectivity index (χ2n) is 7.58. The molecule has 29 heavy (non-hydrogen) atoms. The number of carbonyl (C=O) groups is 1. The quantitative estimate of drug-likeness (QED) is 0.643. The van der Waals surface area contributed by atoms with Crippen molar-refractivity contribution in [2.75, 3.05) is 32.7 Å². The molecule has 8 heteroatoms. The molecule has 0 bridgehead atoms. The summed E-state index contributed by atoms with van der Waals surface area (Å²) in [4.78, 5) is 36.4. The van der Waals surface area contributed by atoms with Crippen LogP contribution in [-0.4, -0.2) is 58.5 Å². The van der Waals surface area contributed by atoms with Gasteiger partial charge in [-0.1, -0.05) is 24.9 Å². The number of nitrogens with one attached hydrogen (secondary N) is 2. The van der Waals surface area contributed by atoms with Gasteiger partial charge in [-0.25, -0.2) is 9.78 Å². The summed E-state index contributed by atoms with van der Waals surface area (Å²) >= 11 is 6.03. The van der Waals surface area contributed by atoms with Gasteiger partial charge in [0.25, 0.3) is 5.56 Å². The van der Waals surface area contributed by atoms with Crippen LogP contribution in [0.5, 0.6) is 0 Å². The smallest absolute Gasteiger partial charge is 0.317 e. The van der Waals surface area contributed by atoms with E-state index in [1.807, 2.05) is 6.92 Å². The van der Waals surface area contributed by atoms with Gasteiger partial charge in [0.15, 0.2) is 0 Å². The van der Waals surface area contributed by atoms with Crippen molar-refractivity contribution < 1.29 is 4.79 Å². The van der Waals surface area contributed by atoms with Gasteiger partial charge in [0, 0.05) is 18.1 Å². The number of amides is 2. The molecule has 1 aliphatic rings. The van der Waals surface area contributed by atoms with Crippen LogP contribution in [0.2, 0.25) is 5.02 Å². The average molecular weight is 420 g/mol. The van der Waals surface area contributed by atoms with Crippen molar-refractivity contribution in [2.45, 2.75) is 45.6 Å². The lowest BCUT2D eigenvalue weighted by atomic mass is 10.1. The van der Waals surface area contributed by atoms with Crippen LogP contribution in [0, 0.1) is 0 Å². The first-order valence-corrected chi connectivity index (χ1v) is 10.9. The van der Waals surface area contributed by atoms with Gasteiger partial charge in [0.1, 0.15) is 5.82 Å². The van der Waals surface area contributed by atoms with E-state index in [4.69, 9.17) is 11.6 Å². The van der Waals surface area contributed by atoms with Gasteiger partial charge in [-0.2, -0.15) is 0 Å². The number of aromatic amines is 1. The molecule has 0 saturated carbocycles. The van der Waals surface area contributed by atoms with Gasteiger partial charge in [-0.3, -0.25) is 4.79 Å². The van der Waals surface area contributed by atoms with Crippen molar-refractivity contribution in [3.8, 4) is 0 Å². The molecule has 1 saturated heterocycles. The summed E-state index contributed by atoms with van der Waals surface area (Å²) in [5.74, 6) is 0.460. The predicted molar refractivity (Wildman–Crippen MR) is 116 cm³/mol. The van der Waals surface area contributed by atoms with E-state index in [1.54, 1.807) is 23.1 Å². The Kier molecular flexibility index (Phi) is 7.89. The summed E-state index contributed by atoms with van der Waals surface area (Å²) in [6.07, 6.45) is 5.65. The largest absolute Gasteiger partial charge is 0.338 e. The number of nitrogens with zero attached hydrogens (tertiary/aromatic N) is 3. The van der Waals surface area contributed by atoms with E-state index >= 15 is 0 Å². The molecular formula is C21H30ClN5O2. The molecule has 0 radical (unpaired) electrons. The van der Waals surface area contributed by atoms with Gasteiger partial charge in [0.05, 0.1) is 17.4 Å². The van der Waals surface area contributed by atoms with Crippen molar-refractivity contribution >= 4 is 28.5 Å². The van der Waals surface area contributed by atoms with Crippen molar-refractivity contribution in [2.24, 2.45) is 0 Å². The van der Waals surface area contributed by atoms with Crippen molar-refractivity contribution in [3.05, 3.63) is 39.4 Å². The van der Waals surface area contributed by atoms with Gasteiger partial charge in [0.2, 0.25) is 0 Å². The molecule has 7 nitrogen and oxygen atoms in total. The number of urea groups is 1. The molecule has 1 aromatic heterocycles. The van der Waals surface area contributed by atoms with Crippen LogP contribution >= 0.6 is 11.6 Å². The fraction of sp³-hybridized carbons (Fsp3) is 0.571.